The summed E-state index contributed by atoms with van der Waals surface area (Å²) in [5.74, 6) is 76.6. The number of sulfonamides is 1. The number of hydrogen-bond acceptors (Lipinski definition) is 8. The molecular weight excluding hydrogens is 853 g/mol. The van der Waals surface area contributed by atoms with Crippen LogP contribution in [0.25, 0.3) is 0 Å². The molecule has 2 aromatic rings. The molecule has 2 aliphatic heterocycles. The number of likely N-dealkylation sites (tertiary alicyclic amines) is 1. The maximum absolute atomic E-state index is 13.3. The van der Waals surface area contributed by atoms with Gasteiger partial charge < -0.3 is 9.64 Å². The molecule has 0 aliphatic carbocycles. The Morgan fingerprint density at radius 2 is 0.894 bits per heavy atom. The Bertz CT molecular complexity index is 3460. The predicted molar refractivity (Wildman–Crippen MR) is 245 cm³/mol. The molecule has 0 unspecified atom stereocenters. The van der Waals surface area contributed by atoms with E-state index in [4.69, 9.17) is 11.2 Å². The Labute approximate surface area is 383 Å². The van der Waals surface area contributed by atoms with E-state index in [9.17, 15) is 33.4 Å². The molecule has 4 rings (SSSR count). The van der Waals surface area contributed by atoms with Crippen LogP contribution < -0.4 is 0 Å². The summed E-state index contributed by atoms with van der Waals surface area (Å²) in [6.45, 7) is 2.50. The van der Waals surface area contributed by atoms with Crippen molar-refractivity contribution in [1.29, 1.82) is 0 Å². The Kier molecular flexibility index (Phi) is 21.3. The van der Waals surface area contributed by atoms with Gasteiger partial charge in [-0.1, -0.05) is 5.92 Å². The van der Waals surface area contributed by atoms with Crippen LogP contribution in [0.2, 0.25) is 0 Å². The van der Waals surface area contributed by atoms with Crippen molar-refractivity contribution in [3.05, 3.63) is 74.3 Å². The lowest BCUT2D eigenvalue weighted by atomic mass is 10.00. The largest absolute Gasteiger partial charge is 0.358 e. The minimum Gasteiger partial charge on any atom is -0.358 e. The van der Waals surface area contributed by atoms with Gasteiger partial charge >= 0.3 is 0 Å². The van der Waals surface area contributed by atoms with E-state index < -0.39 is 25.6 Å². The molecule has 66 heavy (non-hydrogen) atoms. The normalized spacial score (nSPS) is 11.1. The van der Waals surface area contributed by atoms with Crippen molar-refractivity contribution in [2.75, 3.05) is 26.2 Å². The van der Waals surface area contributed by atoms with Crippen molar-refractivity contribution in [2.24, 2.45) is 0 Å². The number of ether oxygens (including phenoxy) is 1. The van der Waals surface area contributed by atoms with E-state index in [1.165, 1.54) is 40.7 Å². The summed E-state index contributed by atoms with van der Waals surface area (Å²) < 4.78 is 33.6. The van der Waals surface area contributed by atoms with Crippen LogP contribution in [0.1, 0.15) is 30.1 Å². The molecule has 2 aromatic carbocycles. The molecular formula is C53H24N4O8S. The Balaban J connectivity index is 0.000000350. The first-order valence-corrected chi connectivity index (χ1v) is 19.8. The monoisotopic (exact) mass is 876 g/mol. The third kappa shape index (κ3) is 17.3. The van der Waals surface area contributed by atoms with Crippen molar-refractivity contribution in [2.45, 2.75) is 30.4 Å². The summed E-state index contributed by atoms with van der Waals surface area (Å²) >= 11 is 0. The number of terminal acetylenes is 1. The molecule has 0 saturated carbocycles. The molecule has 0 radical (unpaired) electrons. The van der Waals surface area contributed by atoms with Crippen molar-refractivity contribution >= 4 is 27.3 Å². The SMILES string of the molecule is C#CC#CC#CC#CC#CC#CC#CC#CC#CC#CC#CC#CC#CC#CC#CC#CC.O=C(c1ccc([N+](=O)[O-])cc1)N1CCC2(CC1)OCCN2S(=O)(=O)c1ccc([N+](=O)[O-])cc1. The fourth-order valence-corrected chi connectivity index (χ4v) is 6.83. The van der Waals surface area contributed by atoms with Crippen LogP contribution in [0.3, 0.4) is 0 Å². The Morgan fingerprint density at radius 1 is 0.561 bits per heavy atom. The van der Waals surface area contributed by atoms with Gasteiger partial charge in [0.1, 0.15) is 5.72 Å². The number of carbonyl (C=O) groups is 1. The second-order valence-corrected chi connectivity index (χ2v) is 13.6. The van der Waals surface area contributed by atoms with Gasteiger partial charge in [-0.25, -0.2) is 8.42 Å². The lowest BCUT2D eigenvalue weighted by Crippen LogP contribution is -2.55. The van der Waals surface area contributed by atoms with Gasteiger partial charge in [0.2, 0.25) is 10.0 Å². The molecule has 2 fully saturated rings. The van der Waals surface area contributed by atoms with Crippen LogP contribution >= 0.6 is 0 Å². The average Bonchev–Trinajstić information content (AvgIpc) is 3.74. The van der Waals surface area contributed by atoms with Gasteiger partial charge in [0, 0.05) is 145 Å². The molecule has 0 bridgehead atoms. The average molecular weight is 877 g/mol. The van der Waals surface area contributed by atoms with Crippen molar-refractivity contribution < 1.29 is 27.8 Å². The highest BCUT2D eigenvalue weighted by Gasteiger charge is 2.51. The lowest BCUT2D eigenvalue weighted by molar-refractivity contribution is -0.385. The maximum Gasteiger partial charge on any atom is 0.269 e. The van der Waals surface area contributed by atoms with E-state index in [1.807, 2.05) is 0 Å². The number of amides is 1. The van der Waals surface area contributed by atoms with Gasteiger partial charge in [-0.2, -0.15) is 4.31 Å². The number of piperidine rings is 1. The van der Waals surface area contributed by atoms with Gasteiger partial charge in [-0.15, -0.1) is 6.42 Å². The lowest BCUT2D eigenvalue weighted by Gasteiger charge is -2.42. The second-order valence-electron chi connectivity index (χ2n) is 11.7. The van der Waals surface area contributed by atoms with Crippen LogP contribution in [0.15, 0.2) is 53.4 Å². The number of nitrogens with zero attached hydrogens (tertiary/aromatic N) is 4. The first-order chi connectivity index (χ1) is 32.1. The number of nitro groups is 2. The molecule has 2 aliphatic rings. The highest BCUT2D eigenvalue weighted by molar-refractivity contribution is 7.89. The van der Waals surface area contributed by atoms with E-state index >= 15 is 0 Å². The molecule has 310 valence electrons. The zero-order valence-electron chi connectivity index (χ0n) is 34.4. The number of hydrogen-bond donors (Lipinski definition) is 0. The topological polar surface area (TPSA) is 153 Å². The fourth-order valence-electron chi connectivity index (χ4n) is 5.10. The van der Waals surface area contributed by atoms with E-state index in [0.717, 1.165) is 12.1 Å². The van der Waals surface area contributed by atoms with Gasteiger partial charge in [0.25, 0.3) is 17.3 Å². The third-order valence-corrected chi connectivity index (χ3v) is 9.82. The minimum atomic E-state index is -3.97. The van der Waals surface area contributed by atoms with Gasteiger partial charge in [0.15, 0.2) is 0 Å². The molecule has 1 amide bonds. The van der Waals surface area contributed by atoms with Crippen LogP contribution in [-0.4, -0.2) is 65.3 Å². The van der Waals surface area contributed by atoms with E-state index in [-0.39, 0.29) is 61.3 Å². The van der Waals surface area contributed by atoms with Gasteiger partial charge in [-0.3, -0.25) is 25.0 Å². The number of carbonyl (C=O) groups excluding carboxylic acids is 1. The summed E-state index contributed by atoms with van der Waals surface area (Å²) in [5.41, 5.74) is -1.12. The molecule has 13 heteroatoms. The first kappa shape index (κ1) is 49.9. The van der Waals surface area contributed by atoms with Crippen LogP contribution in [-0.2, 0) is 14.8 Å². The maximum atomic E-state index is 13.3. The molecule has 2 heterocycles. The number of rotatable bonds is 5. The summed E-state index contributed by atoms with van der Waals surface area (Å²) in [6, 6.07) is 9.99. The zero-order chi connectivity index (χ0) is 47.7. The number of nitro benzene ring substituents is 2. The van der Waals surface area contributed by atoms with Crippen LogP contribution in [0.4, 0.5) is 11.4 Å². The van der Waals surface area contributed by atoms with E-state index in [1.54, 1.807) is 11.8 Å². The van der Waals surface area contributed by atoms with Gasteiger partial charge in [-0.05, 0) is 126 Å². The Hall–Kier alpha value is -10.5. The Morgan fingerprint density at radius 3 is 1.23 bits per heavy atom. The summed E-state index contributed by atoms with van der Waals surface area (Å²) in [6.07, 6.45) is 5.42. The van der Waals surface area contributed by atoms with Crippen LogP contribution in [0, 0.1) is 210 Å². The third-order valence-electron chi connectivity index (χ3n) is 7.86. The van der Waals surface area contributed by atoms with E-state index in [0.29, 0.717) is 5.56 Å². The molecule has 0 N–H and O–H groups in total. The molecule has 2 saturated heterocycles. The molecule has 0 aromatic heterocycles. The zero-order valence-corrected chi connectivity index (χ0v) is 35.2. The summed E-state index contributed by atoms with van der Waals surface area (Å²) in [7, 11) is -3.97. The highest BCUT2D eigenvalue weighted by atomic mass is 32.2. The summed E-state index contributed by atoms with van der Waals surface area (Å²) in [5, 5.41) is 21.7. The second kappa shape index (κ2) is 28.1. The molecule has 12 nitrogen and oxygen atoms in total. The van der Waals surface area contributed by atoms with Crippen molar-refractivity contribution in [1.82, 2.24) is 9.21 Å². The quantitative estimate of drug-likeness (QED) is 0.253. The predicted octanol–water partition coefficient (Wildman–Crippen LogP) is 2.85. The van der Waals surface area contributed by atoms with Crippen molar-refractivity contribution in [3.8, 4) is 190 Å². The van der Waals surface area contributed by atoms with E-state index in [2.05, 4.69) is 184 Å². The number of benzene rings is 2. The van der Waals surface area contributed by atoms with Crippen molar-refractivity contribution in [3.63, 3.8) is 0 Å². The summed E-state index contributed by atoms with van der Waals surface area (Å²) in [4.78, 5) is 34.8. The molecule has 0 atom stereocenters. The smallest absolute Gasteiger partial charge is 0.269 e. The fraction of sp³-hybridized carbons (Fsp3) is 0.151. The standard InChI is InChI=1S/C33H4.C20H20N4O8S/c1-3-5-7-9-11-13-15-17-19-21-23-25-27-29-31-33-32-30-28-26-24-22-20-18-16-14-12-10-8-6-4-2;25-19(15-1-3-16(4-2-15)23(26)27)21-11-9-20(10-12-21)22(13-14-32-20)33(30,31)18-7-5-17(6-8-18)24(28)29/h1H,2H3;1-8H,9-14H2. The first-order valence-electron chi connectivity index (χ1n) is 18.4. The molecule has 1 spiro atoms. The highest BCUT2D eigenvalue weighted by Crippen LogP contribution is 2.38. The van der Waals surface area contributed by atoms with Crippen LogP contribution in [0.5, 0.6) is 0 Å². The minimum absolute atomic E-state index is 0.0673. The van der Waals surface area contributed by atoms with Gasteiger partial charge in [0.05, 0.1) is 21.3 Å². The number of non-ortho nitro benzene ring substituents is 2.